The third-order valence-electron chi connectivity index (χ3n) is 4.51. The number of carbonyl (C=O) groups excluding carboxylic acids is 2. The quantitative estimate of drug-likeness (QED) is 0.653. The van der Waals surface area contributed by atoms with Gasteiger partial charge in [-0.15, -0.1) is 0 Å². The minimum Gasteiger partial charge on any atom is -0.467 e. The molecule has 0 saturated carbocycles. The smallest absolute Gasteiger partial charge is 0.223 e. The molecular weight excluding hydrogens is 352 g/mol. The van der Waals surface area contributed by atoms with Crippen molar-refractivity contribution in [3.05, 3.63) is 95.4 Å². The molecule has 2 unspecified atom stereocenters. The van der Waals surface area contributed by atoms with Gasteiger partial charge < -0.3 is 15.1 Å². The first-order valence-corrected chi connectivity index (χ1v) is 9.24. The number of amides is 2. The standard InChI is InChI=1S/C23H24N2O3/c1-16-10-12-18(13-11-16)20(24-17(2)26)15-22(27)25-23(21-9-6-14-28-21)19-7-4-3-5-8-19/h3-14,20,23H,15H2,1-2H3,(H,24,26)(H,25,27). The highest BCUT2D eigenvalue weighted by Gasteiger charge is 2.22. The lowest BCUT2D eigenvalue weighted by Crippen LogP contribution is -2.34. The van der Waals surface area contributed by atoms with Crippen molar-refractivity contribution in [2.75, 3.05) is 0 Å². The van der Waals surface area contributed by atoms with Gasteiger partial charge in [0.1, 0.15) is 11.8 Å². The largest absolute Gasteiger partial charge is 0.467 e. The number of rotatable bonds is 7. The molecule has 0 fully saturated rings. The van der Waals surface area contributed by atoms with E-state index in [-0.39, 0.29) is 24.3 Å². The molecule has 5 nitrogen and oxygen atoms in total. The fraction of sp³-hybridized carbons (Fsp3) is 0.217. The van der Waals surface area contributed by atoms with E-state index >= 15 is 0 Å². The van der Waals surface area contributed by atoms with Crippen LogP contribution in [0.25, 0.3) is 0 Å². The van der Waals surface area contributed by atoms with Gasteiger partial charge in [0.05, 0.1) is 18.7 Å². The summed E-state index contributed by atoms with van der Waals surface area (Å²) >= 11 is 0. The highest BCUT2D eigenvalue weighted by atomic mass is 16.3. The van der Waals surface area contributed by atoms with E-state index in [0.29, 0.717) is 5.76 Å². The lowest BCUT2D eigenvalue weighted by atomic mass is 10.0. The lowest BCUT2D eigenvalue weighted by Gasteiger charge is -2.21. The Morgan fingerprint density at radius 3 is 2.21 bits per heavy atom. The third kappa shape index (κ3) is 5.10. The van der Waals surface area contributed by atoms with Crippen molar-refractivity contribution < 1.29 is 14.0 Å². The predicted octanol–water partition coefficient (Wildman–Crippen LogP) is 4.06. The van der Waals surface area contributed by atoms with Crippen LogP contribution >= 0.6 is 0 Å². The van der Waals surface area contributed by atoms with Crippen molar-refractivity contribution in [1.82, 2.24) is 10.6 Å². The second-order valence-corrected chi connectivity index (χ2v) is 6.79. The Bertz CT molecular complexity index is 903. The minimum absolute atomic E-state index is 0.132. The summed E-state index contributed by atoms with van der Waals surface area (Å²) in [5.41, 5.74) is 2.94. The molecule has 0 aliphatic rings. The summed E-state index contributed by atoms with van der Waals surface area (Å²) in [5.74, 6) is 0.305. The summed E-state index contributed by atoms with van der Waals surface area (Å²) in [6.07, 6.45) is 1.72. The zero-order valence-electron chi connectivity index (χ0n) is 16.0. The van der Waals surface area contributed by atoms with E-state index < -0.39 is 6.04 Å². The van der Waals surface area contributed by atoms with E-state index in [1.54, 1.807) is 12.3 Å². The molecule has 1 heterocycles. The molecule has 0 radical (unpaired) electrons. The molecule has 0 saturated heterocycles. The summed E-state index contributed by atoms with van der Waals surface area (Å²) in [6, 6.07) is 20.3. The van der Waals surface area contributed by atoms with Gasteiger partial charge in [0.25, 0.3) is 0 Å². The molecule has 0 bridgehead atoms. The molecule has 0 aliphatic heterocycles. The molecule has 2 amide bonds. The maximum absolute atomic E-state index is 12.9. The zero-order valence-corrected chi connectivity index (χ0v) is 16.0. The maximum atomic E-state index is 12.9. The lowest BCUT2D eigenvalue weighted by molar-refractivity contribution is -0.123. The van der Waals surface area contributed by atoms with Gasteiger partial charge in [-0.25, -0.2) is 0 Å². The van der Waals surface area contributed by atoms with Gasteiger partial charge in [0, 0.05) is 6.92 Å². The summed E-state index contributed by atoms with van der Waals surface area (Å²) < 4.78 is 5.53. The van der Waals surface area contributed by atoms with E-state index in [1.807, 2.05) is 67.6 Å². The van der Waals surface area contributed by atoms with Crippen molar-refractivity contribution in [1.29, 1.82) is 0 Å². The van der Waals surface area contributed by atoms with Gasteiger partial charge in [0.2, 0.25) is 11.8 Å². The van der Waals surface area contributed by atoms with Crippen LogP contribution in [0.3, 0.4) is 0 Å². The van der Waals surface area contributed by atoms with Crippen molar-refractivity contribution in [3.63, 3.8) is 0 Å². The highest BCUT2D eigenvalue weighted by Crippen LogP contribution is 2.24. The highest BCUT2D eigenvalue weighted by molar-refractivity contribution is 5.79. The first-order chi connectivity index (χ1) is 13.5. The number of carbonyl (C=O) groups is 2. The molecular formula is C23H24N2O3. The zero-order chi connectivity index (χ0) is 19.9. The Morgan fingerprint density at radius 2 is 1.61 bits per heavy atom. The van der Waals surface area contributed by atoms with Crippen LogP contribution in [0.5, 0.6) is 0 Å². The van der Waals surface area contributed by atoms with Gasteiger partial charge in [-0.05, 0) is 30.2 Å². The monoisotopic (exact) mass is 376 g/mol. The molecule has 5 heteroatoms. The number of nitrogens with one attached hydrogen (secondary N) is 2. The number of furan rings is 1. The first kappa shape index (κ1) is 19.4. The van der Waals surface area contributed by atoms with E-state index in [2.05, 4.69) is 10.6 Å². The number of benzene rings is 2. The van der Waals surface area contributed by atoms with Crippen LogP contribution < -0.4 is 10.6 Å². The average Bonchev–Trinajstić information content (AvgIpc) is 3.21. The van der Waals surface area contributed by atoms with Crippen LogP contribution in [-0.2, 0) is 9.59 Å². The Hall–Kier alpha value is -3.34. The fourth-order valence-electron chi connectivity index (χ4n) is 3.12. The number of aryl methyl sites for hydroxylation is 1. The van der Waals surface area contributed by atoms with Crippen molar-refractivity contribution in [2.45, 2.75) is 32.4 Å². The fourth-order valence-corrected chi connectivity index (χ4v) is 3.12. The van der Waals surface area contributed by atoms with Crippen molar-refractivity contribution in [3.8, 4) is 0 Å². The van der Waals surface area contributed by atoms with E-state index in [0.717, 1.165) is 16.7 Å². The summed E-state index contributed by atoms with van der Waals surface area (Å²) in [6.45, 7) is 3.45. The van der Waals surface area contributed by atoms with E-state index in [1.165, 1.54) is 6.92 Å². The number of hydrogen-bond donors (Lipinski definition) is 2. The van der Waals surface area contributed by atoms with Crippen LogP contribution in [0.1, 0.15) is 47.9 Å². The third-order valence-corrected chi connectivity index (χ3v) is 4.51. The molecule has 1 aromatic heterocycles. The van der Waals surface area contributed by atoms with Crippen molar-refractivity contribution >= 4 is 11.8 Å². The van der Waals surface area contributed by atoms with Gasteiger partial charge in [0.15, 0.2) is 0 Å². The van der Waals surface area contributed by atoms with Crippen LogP contribution in [0.15, 0.2) is 77.4 Å². The summed E-state index contributed by atoms with van der Waals surface area (Å²) in [5, 5.41) is 5.91. The van der Waals surface area contributed by atoms with Gasteiger partial charge >= 0.3 is 0 Å². The topological polar surface area (TPSA) is 71.3 Å². The SMILES string of the molecule is CC(=O)NC(CC(=O)NC(c1ccccc1)c1ccco1)c1ccc(C)cc1. The second kappa shape index (κ2) is 9.04. The molecule has 2 atom stereocenters. The van der Waals surface area contributed by atoms with Crippen LogP contribution in [0.4, 0.5) is 0 Å². The normalized spacial score (nSPS) is 12.8. The number of hydrogen-bond acceptors (Lipinski definition) is 3. The van der Waals surface area contributed by atoms with E-state index in [4.69, 9.17) is 4.42 Å². The molecule has 0 aliphatic carbocycles. The molecule has 2 aromatic carbocycles. The Balaban J connectivity index is 1.78. The molecule has 3 aromatic rings. The summed E-state index contributed by atoms with van der Waals surface area (Å²) in [4.78, 5) is 24.5. The minimum atomic E-state index is -0.397. The first-order valence-electron chi connectivity index (χ1n) is 9.24. The van der Waals surface area contributed by atoms with Gasteiger partial charge in [-0.3, -0.25) is 9.59 Å². The Morgan fingerprint density at radius 1 is 0.893 bits per heavy atom. The Labute approximate surface area is 164 Å². The van der Waals surface area contributed by atoms with Crippen LogP contribution in [0, 0.1) is 6.92 Å². The van der Waals surface area contributed by atoms with Crippen LogP contribution in [-0.4, -0.2) is 11.8 Å². The Kier molecular flexibility index (Phi) is 6.27. The molecule has 0 spiro atoms. The summed E-state index contributed by atoms with van der Waals surface area (Å²) in [7, 11) is 0. The van der Waals surface area contributed by atoms with Gasteiger partial charge in [-0.2, -0.15) is 0 Å². The molecule has 2 N–H and O–H groups in total. The van der Waals surface area contributed by atoms with E-state index in [9.17, 15) is 9.59 Å². The molecule has 144 valence electrons. The van der Waals surface area contributed by atoms with Crippen molar-refractivity contribution in [2.24, 2.45) is 0 Å². The molecule has 28 heavy (non-hydrogen) atoms. The van der Waals surface area contributed by atoms with Crippen LogP contribution in [0.2, 0.25) is 0 Å². The average molecular weight is 376 g/mol. The maximum Gasteiger partial charge on any atom is 0.223 e. The predicted molar refractivity (Wildman–Crippen MR) is 107 cm³/mol. The molecule has 3 rings (SSSR count). The second-order valence-electron chi connectivity index (χ2n) is 6.79. The van der Waals surface area contributed by atoms with Gasteiger partial charge in [-0.1, -0.05) is 60.2 Å².